The molecule has 0 unspecified atom stereocenters. The third-order valence-corrected chi connectivity index (χ3v) is 9.43. The van der Waals surface area contributed by atoms with Gasteiger partial charge in [-0.05, 0) is 64.4 Å². The normalized spacial score (nSPS) is 12.3. The van der Waals surface area contributed by atoms with Crippen LogP contribution < -0.4 is 0 Å². The van der Waals surface area contributed by atoms with Gasteiger partial charge in [0.15, 0.2) is 5.58 Å². The third-order valence-electron chi connectivity index (χ3n) is 9.43. The number of hydrogen-bond acceptors (Lipinski definition) is 5. The van der Waals surface area contributed by atoms with Crippen LogP contribution >= 0.6 is 0 Å². The predicted octanol–water partition coefficient (Wildman–Crippen LogP) is 11.8. The summed E-state index contributed by atoms with van der Waals surface area (Å²) >= 11 is 0. The molecule has 0 N–H and O–H groups in total. The van der Waals surface area contributed by atoms with Crippen LogP contribution in [-0.2, 0) is 5.41 Å². The van der Waals surface area contributed by atoms with E-state index in [1.807, 2.05) is 6.07 Å². The molecule has 0 amide bonds. The largest absolute Gasteiger partial charge is 0.455 e. The summed E-state index contributed by atoms with van der Waals surface area (Å²) < 4.78 is 15.3. The zero-order valence-corrected chi connectivity index (χ0v) is 28.9. The molecule has 3 heterocycles. The molecule has 0 radical (unpaired) electrons. The van der Waals surface area contributed by atoms with E-state index in [1.165, 1.54) is 22.3 Å². The zero-order valence-electron chi connectivity index (χ0n) is 28.9. The Labute approximate surface area is 285 Å². The highest BCUT2D eigenvalue weighted by Gasteiger charge is 2.28. The zero-order chi connectivity index (χ0) is 34.2. The van der Waals surface area contributed by atoms with E-state index >= 15 is 0 Å². The maximum atomic E-state index is 10.1. The first-order valence-corrected chi connectivity index (χ1v) is 17.0. The fourth-order valence-electron chi connectivity index (χ4n) is 6.98. The summed E-state index contributed by atoms with van der Waals surface area (Å²) in [4.78, 5) is 10.3. The first kappa shape index (κ1) is 30.7. The molecule has 0 saturated heterocycles. The molecule has 49 heavy (non-hydrogen) atoms. The summed E-state index contributed by atoms with van der Waals surface area (Å²) in [7, 11) is 0. The van der Waals surface area contributed by atoms with Gasteiger partial charge >= 0.3 is 0 Å². The number of imidazole rings is 1. The van der Waals surface area contributed by atoms with E-state index in [0.29, 0.717) is 33.7 Å². The minimum absolute atomic E-state index is 0.244. The summed E-state index contributed by atoms with van der Waals surface area (Å²) in [6, 6.07) is 33.9. The van der Waals surface area contributed by atoms with Crippen molar-refractivity contribution in [3.8, 4) is 34.3 Å². The standard InChI is InChI=1S/C43H38N4O2/c1-24(2)31-20-27(26-14-9-8-10-15-26)21-32(25(3)4)38(31)47-34-19-12-11-18-33(34)45-41(47)30-17-13-16-29-36-35(48-40(29)30)22-28(23-44)39-37(36)46-42(49-39)43(5,6)7/h8-22,24-25H,1-7H3. The summed E-state index contributed by atoms with van der Waals surface area (Å²) in [5.74, 6) is 1.87. The first-order chi connectivity index (χ1) is 23.5. The van der Waals surface area contributed by atoms with Crippen molar-refractivity contribution in [2.75, 3.05) is 0 Å². The van der Waals surface area contributed by atoms with E-state index in [4.69, 9.17) is 18.8 Å². The topological polar surface area (TPSA) is 80.8 Å². The van der Waals surface area contributed by atoms with Crippen LogP contribution in [-0.4, -0.2) is 14.5 Å². The van der Waals surface area contributed by atoms with Crippen LogP contribution in [0.4, 0.5) is 0 Å². The Balaban J connectivity index is 1.47. The molecule has 0 bridgehead atoms. The lowest BCUT2D eigenvalue weighted by Gasteiger charge is -2.24. The average molecular weight is 643 g/mol. The molecule has 0 fully saturated rings. The molecule has 0 atom stereocenters. The Kier molecular flexibility index (Phi) is 7.01. The minimum Gasteiger partial charge on any atom is -0.455 e. The van der Waals surface area contributed by atoms with Gasteiger partial charge in [-0.1, -0.05) is 103 Å². The van der Waals surface area contributed by atoms with Gasteiger partial charge in [-0.25, -0.2) is 9.97 Å². The number of rotatable bonds is 5. The molecule has 8 rings (SSSR count). The number of oxazole rings is 1. The summed E-state index contributed by atoms with van der Waals surface area (Å²) in [5.41, 5.74) is 11.4. The first-order valence-electron chi connectivity index (χ1n) is 17.0. The Morgan fingerprint density at radius 3 is 2.10 bits per heavy atom. The van der Waals surface area contributed by atoms with Crippen molar-refractivity contribution in [3.63, 3.8) is 0 Å². The SMILES string of the molecule is CC(C)c1cc(-c2ccccc2)cc(C(C)C)c1-n1c(-c2cccc3c2oc2cc(C#N)c4oc(C(C)(C)C)nc4c23)nc2ccccc21. The number of benzene rings is 5. The van der Waals surface area contributed by atoms with Gasteiger partial charge in [-0.15, -0.1) is 0 Å². The molecule has 0 saturated carbocycles. The van der Waals surface area contributed by atoms with Crippen molar-refractivity contribution >= 4 is 44.1 Å². The fraction of sp³-hybridized carbons (Fsp3) is 0.233. The van der Waals surface area contributed by atoms with Crippen LogP contribution in [0.2, 0.25) is 0 Å². The second-order valence-corrected chi connectivity index (χ2v) is 14.6. The van der Waals surface area contributed by atoms with E-state index in [2.05, 4.69) is 138 Å². The lowest BCUT2D eigenvalue weighted by Crippen LogP contribution is -2.10. The maximum Gasteiger partial charge on any atom is 0.200 e. The van der Waals surface area contributed by atoms with Crippen molar-refractivity contribution in [2.24, 2.45) is 0 Å². The Hall–Kier alpha value is -5.67. The number of fused-ring (bicyclic) bond motifs is 6. The number of aromatic nitrogens is 3. The van der Waals surface area contributed by atoms with Crippen LogP contribution in [0.15, 0.2) is 99.8 Å². The molecular weight excluding hydrogens is 604 g/mol. The quantitative estimate of drug-likeness (QED) is 0.187. The van der Waals surface area contributed by atoms with Crippen molar-refractivity contribution in [3.05, 3.63) is 114 Å². The van der Waals surface area contributed by atoms with E-state index in [-0.39, 0.29) is 17.3 Å². The number of para-hydroxylation sites is 3. The molecule has 0 spiro atoms. The van der Waals surface area contributed by atoms with Crippen molar-refractivity contribution < 1.29 is 8.83 Å². The predicted molar refractivity (Wildman–Crippen MR) is 198 cm³/mol. The van der Waals surface area contributed by atoms with E-state index < -0.39 is 0 Å². The number of furan rings is 1. The summed E-state index contributed by atoms with van der Waals surface area (Å²) in [6.07, 6.45) is 0. The lowest BCUT2D eigenvalue weighted by molar-refractivity contribution is 0.410. The van der Waals surface area contributed by atoms with Crippen LogP contribution in [0.3, 0.4) is 0 Å². The van der Waals surface area contributed by atoms with Gasteiger partial charge in [0.2, 0.25) is 5.89 Å². The molecular formula is C43H38N4O2. The maximum absolute atomic E-state index is 10.1. The number of nitriles is 1. The third kappa shape index (κ3) is 4.84. The van der Waals surface area contributed by atoms with Gasteiger partial charge in [0, 0.05) is 16.9 Å². The monoisotopic (exact) mass is 642 g/mol. The fourth-order valence-corrected chi connectivity index (χ4v) is 6.98. The molecule has 5 aromatic carbocycles. The molecule has 8 aromatic rings. The highest BCUT2D eigenvalue weighted by atomic mass is 16.4. The van der Waals surface area contributed by atoms with Crippen molar-refractivity contribution in [1.82, 2.24) is 14.5 Å². The van der Waals surface area contributed by atoms with Gasteiger partial charge in [-0.2, -0.15) is 5.26 Å². The van der Waals surface area contributed by atoms with Gasteiger partial charge in [0.25, 0.3) is 0 Å². The van der Waals surface area contributed by atoms with Gasteiger partial charge in [0.05, 0.1) is 27.7 Å². The number of nitrogens with zero attached hydrogens (tertiary/aromatic N) is 4. The van der Waals surface area contributed by atoms with Crippen LogP contribution in [0.25, 0.3) is 72.3 Å². The highest BCUT2D eigenvalue weighted by Crippen LogP contribution is 2.44. The van der Waals surface area contributed by atoms with Crippen LogP contribution in [0.5, 0.6) is 0 Å². The molecule has 6 nitrogen and oxygen atoms in total. The molecule has 6 heteroatoms. The molecule has 0 aliphatic heterocycles. The molecule has 0 aliphatic carbocycles. The Bertz CT molecular complexity index is 2570. The second-order valence-electron chi connectivity index (χ2n) is 14.6. The number of hydrogen-bond donors (Lipinski definition) is 0. The van der Waals surface area contributed by atoms with Crippen molar-refractivity contribution in [2.45, 2.75) is 65.7 Å². The smallest absolute Gasteiger partial charge is 0.200 e. The van der Waals surface area contributed by atoms with Crippen LogP contribution in [0, 0.1) is 11.3 Å². The molecule has 3 aromatic heterocycles. The van der Waals surface area contributed by atoms with Gasteiger partial charge in [0.1, 0.15) is 34.1 Å². The summed E-state index contributed by atoms with van der Waals surface area (Å²) in [6.45, 7) is 15.2. The molecule has 242 valence electrons. The Morgan fingerprint density at radius 2 is 1.43 bits per heavy atom. The van der Waals surface area contributed by atoms with Crippen molar-refractivity contribution in [1.29, 1.82) is 5.26 Å². The van der Waals surface area contributed by atoms with Crippen LogP contribution in [0.1, 0.15) is 82.9 Å². The van der Waals surface area contributed by atoms with E-state index in [1.54, 1.807) is 6.07 Å². The molecule has 0 aliphatic rings. The second kappa shape index (κ2) is 11.2. The van der Waals surface area contributed by atoms with Gasteiger partial charge in [-0.3, -0.25) is 4.57 Å². The Morgan fingerprint density at radius 1 is 0.735 bits per heavy atom. The average Bonchev–Trinajstić information content (AvgIpc) is 3.81. The minimum atomic E-state index is -0.327. The van der Waals surface area contributed by atoms with E-state index in [0.717, 1.165) is 38.9 Å². The van der Waals surface area contributed by atoms with E-state index in [9.17, 15) is 5.26 Å². The lowest BCUT2D eigenvalue weighted by atomic mass is 9.88. The summed E-state index contributed by atoms with van der Waals surface area (Å²) in [5, 5.41) is 11.8. The van der Waals surface area contributed by atoms with Gasteiger partial charge < -0.3 is 8.83 Å². The highest BCUT2D eigenvalue weighted by molar-refractivity contribution is 6.19.